The molecule has 0 bridgehead atoms. The third-order valence-electron chi connectivity index (χ3n) is 2.95. The zero-order chi connectivity index (χ0) is 13.3. The summed E-state index contributed by atoms with van der Waals surface area (Å²) in [5.41, 5.74) is -0.220. The Morgan fingerprint density at radius 2 is 2.00 bits per heavy atom. The fourth-order valence-corrected chi connectivity index (χ4v) is 2.02. The summed E-state index contributed by atoms with van der Waals surface area (Å²) >= 11 is 0. The third kappa shape index (κ3) is 3.92. The van der Waals surface area contributed by atoms with Gasteiger partial charge in [0, 0.05) is 24.7 Å². The van der Waals surface area contributed by atoms with E-state index in [-0.39, 0.29) is 31.2 Å². The summed E-state index contributed by atoms with van der Waals surface area (Å²) in [4.78, 5) is 12.1. The van der Waals surface area contributed by atoms with Crippen LogP contribution in [0.5, 0.6) is 0 Å². The molecule has 0 aliphatic carbocycles. The smallest absolute Gasteiger partial charge is 0.550 e. The van der Waals surface area contributed by atoms with Crippen molar-refractivity contribution >= 4 is 11.7 Å². The van der Waals surface area contributed by atoms with Crippen molar-refractivity contribution in [3.8, 4) is 0 Å². The van der Waals surface area contributed by atoms with Gasteiger partial charge in [-0.15, -0.1) is 0 Å². The molecule has 98 valence electrons. The molecule has 3 nitrogen and oxygen atoms in total. The molecule has 1 aliphatic rings. The number of aliphatic carboxylic acids is 1. The molecule has 0 radical (unpaired) electrons. The van der Waals surface area contributed by atoms with Crippen LogP contribution in [0, 0.1) is 5.92 Å². The van der Waals surface area contributed by atoms with Crippen molar-refractivity contribution in [3.05, 3.63) is 29.8 Å². The molecule has 0 amide bonds. The van der Waals surface area contributed by atoms with Gasteiger partial charge in [0.2, 0.25) is 0 Å². The molecule has 1 saturated heterocycles. The number of hydrogen-bond donors (Lipinski definition) is 0. The number of anilines is 1. The average molecular weight is 265 g/mol. The minimum atomic E-state index is -4.36. The summed E-state index contributed by atoms with van der Waals surface area (Å²) in [7, 11) is 0. The Morgan fingerprint density at radius 1 is 1.37 bits per heavy atom. The fraction of sp³-hybridized carbons (Fsp3) is 0.417. The Hall–Kier alpha value is -1.12. The zero-order valence-electron chi connectivity index (χ0n) is 10.4. The summed E-state index contributed by atoms with van der Waals surface area (Å²) in [5.74, 6) is -1.16. The van der Waals surface area contributed by atoms with Crippen LogP contribution in [0.25, 0.3) is 0 Å². The monoisotopic (exact) mass is 265 g/mol. The molecule has 1 heterocycles. The average Bonchev–Trinajstić information content (AvgIpc) is 2.21. The zero-order valence-corrected chi connectivity index (χ0v) is 10.4. The third-order valence-corrected chi connectivity index (χ3v) is 2.95. The van der Waals surface area contributed by atoms with Gasteiger partial charge in [-0.3, -0.25) is 0 Å². The molecule has 0 spiro atoms. The van der Waals surface area contributed by atoms with Crippen LogP contribution in [-0.2, 0) is 11.0 Å². The number of benzene rings is 1. The van der Waals surface area contributed by atoms with Crippen LogP contribution in [0.1, 0.15) is 12.0 Å². The summed E-state index contributed by atoms with van der Waals surface area (Å²) in [6.45, 7) is 0.907. The first-order valence-corrected chi connectivity index (χ1v) is 5.48. The molecule has 0 aromatic heterocycles. The van der Waals surface area contributed by atoms with Crippen molar-refractivity contribution in [2.24, 2.45) is 5.92 Å². The quantitative estimate of drug-likeness (QED) is 0.611. The maximum Gasteiger partial charge on any atom is 1.00 e. The normalized spacial score (nSPS) is 15.6. The van der Waals surface area contributed by atoms with Gasteiger partial charge in [-0.2, -0.15) is 13.2 Å². The number of alkyl halides is 3. The molecule has 1 aromatic carbocycles. The summed E-state index contributed by atoms with van der Waals surface area (Å²) in [6.07, 6.45) is -4.40. The van der Waals surface area contributed by atoms with Crippen LogP contribution in [-0.4, -0.2) is 19.1 Å². The maximum absolute atomic E-state index is 12.5. The summed E-state index contributed by atoms with van der Waals surface area (Å²) in [5, 5.41) is 10.4. The molecular weight excluding hydrogens is 254 g/mol. The molecule has 0 saturated carbocycles. The SMILES string of the molecule is O=C([O-])CC1CN(c2cccc(C(F)(F)F)c2)C1.[Li+]. The number of carboxylic acid groups (broad SMARTS) is 1. The van der Waals surface area contributed by atoms with E-state index in [4.69, 9.17) is 0 Å². The first-order chi connectivity index (χ1) is 8.36. The van der Waals surface area contributed by atoms with E-state index in [9.17, 15) is 23.1 Å². The van der Waals surface area contributed by atoms with Crippen molar-refractivity contribution in [3.63, 3.8) is 0 Å². The predicted octanol–water partition coefficient (Wildman–Crippen LogP) is -1.71. The van der Waals surface area contributed by atoms with Gasteiger partial charge >= 0.3 is 25.0 Å². The van der Waals surface area contributed by atoms with Gasteiger partial charge in [0.25, 0.3) is 0 Å². The second-order valence-corrected chi connectivity index (χ2v) is 4.40. The van der Waals surface area contributed by atoms with Crippen LogP contribution in [0.4, 0.5) is 18.9 Å². The molecule has 2 rings (SSSR count). The second kappa shape index (κ2) is 5.89. The Labute approximate surface area is 120 Å². The van der Waals surface area contributed by atoms with Crippen LogP contribution >= 0.6 is 0 Å². The Balaban J connectivity index is 0.00000180. The number of nitrogens with zero attached hydrogens (tertiary/aromatic N) is 1. The standard InChI is InChI=1S/C12H12F3NO2.Li/c13-12(14,15)9-2-1-3-10(5-9)16-6-8(7-16)4-11(17)18;/h1-3,5,8H,4,6-7H2,(H,17,18);/q;+1/p-1. The molecule has 1 aliphatic heterocycles. The topological polar surface area (TPSA) is 43.4 Å². The molecule has 1 aromatic rings. The Bertz CT molecular complexity index is 459. The number of carbonyl (C=O) groups excluding carboxylic acids is 1. The van der Waals surface area contributed by atoms with Crippen molar-refractivity contribution in [2.75, 3.05) is 18.0 Å². The van der Waals surface area contributed by atoms with E-state index in [2.05, 4.69) is 0 Å². The Kier molecular flexibility index (Phi) is 4.94. The number of carbonyl (C=O) groups is 1. The van der Waals surface area contributed by atoms with E-state index in [1.165, 1.54) is 6.07 Å². The van der Waals surface area contributed by atoms with Gasteiger partial charge in [-0.1, -0.05) is 6.07 Å². The molecule has 0 N–H and O–H groups in total. The number of hydrogen-bond acceptors (Lipinski definition) is 3. The Morgan fingerprint density at radius 3 is 2.53 bits per heavy atom. The fourth-order valence-electron chi connectivity index (χ4n) is 2.02. The van der Waals surface area contributed by atoms with Crippen LogP contribution in [0.15, 0.2) is 24.3 Å². The van der Waals surface area contributed by atoms with E-state index in [1.807, 2.05) is 0 Å². The van der Waals surface area contributed by atoms with E-state index >= 15 is 0 Å². The van der Waals surface area contributed by atoms with Crippen molar-refractivity contribution in [1.82, 2.24) is 0 Å². The molecule has 1 fully saturated rings. The number of halogens is 3. The van der Waals surface area contributed by atoms with Crippen LogP contribution < -0.4 is 28.9 Å². The molecule has 0 atom stereocenters. The maximum atomic E-state index is 12.5. The van der Waals surface area contributed by atoms with Crippen molar-refractivity contribution in [1.29, 1.82) is 0 Å². The van der Waals surface area contributed by atoms with E-state index in [0.717, 1.165) is 12.1 Å². The van der Waals surface area contributed by atoms with Crippen molar-refractivity contribution in [2.45, 2.75) is 12.6 Å². The molecule has 0 unspecified atom stereocenters. The van der Waals surface area contributed by atoms with E-state index in [0.29, 0.717) is 18.8 Å². The second-order valence-electron chi connectivity index (χ2n) is 4.40. The van der Waals surface area contributed by atoms with Gasteiger partial charge in [0.15, 0.2) is 0 Å². The molecule has 19 heavy (non-hydrogen) atoms. The number of rotatable bonds is 3. The van der Waals surface area contributed by atoms with Gasteiger partial charge in [-0.05, 0) is 30.5 Å². The van der Waals surface area contributed by atoms with Crippen LogP contribution in [0.2, 0.25) is 0 Å². The molecule has 7 heteroatoms. The first-order valence-electron chi connectivity index (χ1n) is 5.48. The van der Waals surface area contributed by atoms with Crippen LogP contribution in [0.3, 0.4) is 0 Å². The van der Waals surface area contributed by atoms with Gasteiger partial charge in [0.05, 0.1) is 5.56 Å². The predicted molar refractivity (Wildman–Crippen MR) is 56.8 cm³/mol. The molecular formula is C12H11F3LiNO2. The first kappa shape index (κ1) is 15.9. The van der Waals surface area contributed by atoms with Crippen molar-refractivity contribution < 1.29 is 41.9 Å². The minimum Gasteiger partial charge on any atom is -0.550 e. The van der Waals surface area contributed by atoms with Gasteiger partial charge in [0.1, 0.15) is 0 Å². The van der Waals surface area contributed by atoms with E-state index in [1.54, 1.807) is 11.0 Å². The largest absolute Gasteiger partial charge is 1.00 e. The van der Waals surface area contributed by atoms with Gasteiger partial charge in [-0.25, -0.2) is 0 Å². The van der Waals surface area contributed by atoms with Gasteiger partial charge < -0.3 is 14.8 Å². The summed E-state index contributed by atoms with van der Waals surface area (Å²) in [6, 6.07) is 5.03. The van der Waals surface area contributed by atoms with E-state index < -0.39 is 17.7 Å². The summed E-state index contributed by atoms with van der Waals surface area (Å²) < 4.78 is 37.5. The minimum absolute atomic E-state index is 0. The number of carboxylic acids is 1.